The first-order valence-electron chi connectivity index (χ1n) is 8.12. The Kier molecular flexibility index (Phi) is 6.29. The second-order valence-electron chi connectivity index (χ2n) is 5.39. The van der Waals surface area contributed by atoms with Crippen LogP contribution < -0.4 is 5.73 Å². The summed E-state index contributed by atoms with van der Waals surface area (Å²) in [4.78, 5) is 12.0. The Labute approximate surface area is 136 Å². The Morgan fingerprint density at radius 1 is 1.30 bits per heavy atom. The van der Waals surface area contributed by atoms with Crippen LogP contribution in [0.2, 0.25) is 0 Å². The molecule has 2 aromatic rings. The average molecular weight is 316 g/mol. The van der Waals surface area contributed by atoms with Gasteiger partial charge in [-0.1, -0.05) is 31.5 Å². The molecule has 6 nitrogen and oxygen atoms in total. The Bertz CT molecular complexity index is 652. The number of aromatic nitrogens is 3. The molecule has 0 fully saturated rings. The van der Waals surface area contributed by atoms with E-state index >= 15 is 0 Å². The van der Waals surface area contributed by atoms with Crippen LogP contribution in [-0.4, -0.2) is 27.6 Å². The molecule has 2 rings (SSSR count). The third kappa shape index (κ3) is 4.16. The maximum Gasteiger partial charge on any atom is 0.338 e. The molecule has 124 valence electrons. The summed E-state index contributed by atoms with van der Waals surface area (Å²) in [7, 11) is 0. The molecule has 1 aromatic carbocycles. The fourth-order valence-corrected chi connectivity index (χ4v) is 2.34. The summed E-state index contributed by atoms with van der Waals surface area (Å²) >= 11 is 0. The lowest BCUT2D eigenvalue weighted by atomic mass is 10.1. The van der Waals surface area contributed by atoms with E-state index in [0.29, 0.717) is 18.7 Å². The molecule has 0 spiro atoms. The van der Waals surface area contributed by atoms with E-state index in [-0.39, 0.29) is 5.97 Å². The summed E-state index contributed by atoms with van der Waals surface area (Å²) in [6.45, 7) is 4.89. The average Bonchev–Trinajstić information content (AvgIpc) is 3.00. The molecule has 0 radical (unpaired) electrons. The smallest absolute Gasteiger partial charge is 0.338 e. The van der Waals surface area contributed by atoms with Gasteiger partial charge in [0.1, 0.15) is 0 Å². The molecule has 0 bridgehead atoms. The summed E-state index contributed by atoms with van der Waals surface area (Å²) in [5.74, 6) is -0.317. The molecule has 0 saturated heterocycles. The Morgan fingerprint density at radius 3 is 2.83 bits per heavy atom. The molecule has 0 unspecified atom stereocenters. The third-order valence-corrected chi connectivity index (χ3v) is 3.57. The number of rotatable bonds is 8. The largest absolute Gasteiger partial charge is 0.462 e. The number of nitrogens with two attached hydrogens (primary N) is 1. The maximum absolute atomic E-state index is 12.0. The molecule has 0 amide bonds. The Hall–Kier alpha value is -2.21. The fourth-order valence-electron chi connectivity index (χ4n) is 2.34. The number of benzene rings is 1. The summed E-state index contributed by atoms with van der Waals surface area (Å²) in [6, 6.07) is 7.25. The molecule has 0 aliphatic heterocycles. The van der Waals surface area contributed by atoms with Crippen molar-refractivity contribution in [1.82, 2.24) is 15.0 Å². The minimum absolute atomic E-state index is 0.317. The van der Waals surface area contributed by atoms with E-state index in [4.69, 9.17) is 10.5 Å². The minimum Gasteiger partial charge on any atom is -0.462 e. The SMILES string of the molecule is CCCCc1c(CN)nnn1-c1cccc(C(=O)OCCC)c1. The molecule has 2 N–H and O–H groups in total. The number of carbonyl (C=O) groups excluding carboxylic acids is 1. The predicted octanol–water partition coefficient (Wildman–Crippen LogP) is 2.64. The van der Waals surface area contributed by atoms with Crippen molar-refractivity contribution in [3.05, 3.63) is 41.2 Å². The monoisotopic (exact) mass is 316 g/mol. The molecule has 1 heterocycles. The van der Waals surface area contributed by atoms with Crippen molar-refractivity contribution < 1.29 is 9.53 Å². The van der Waals surface area contributed by atoms with E-state index in [0.717, 1.165) is 42.8 Å². The highest BCUT2D eigenvalue weighted by atomic mass is 16.5. The van der Waals surface area contributed by atoms with E-state index < -0.39 is 0 Å². The van der Waals surface area contributed by atoms with Crippen molar-refractivity contribution in [2.75, 3.05) is 6.61 Å². The van der Waals surface area contributed by atoms with Crippen LogP contribution in [0.1, 0.15) is 54.9 Å². The van der Waals surface area contributed by atoms with Crippen molar-refractivity contribution >= 4 is 5.97 Å². The van der Waals surface area contributed by atoms with Gasteiger partial charge in [0.25, 0.3) is 0 Å². The summed E-state index contributed by atoms with van der Waals surface area (Å²) < 4.78 is 6.96. The van der Waals surface area contributed by atoms with Crippen LogP contribution in [-0.2, 0) is 17.7 Å². The van der Waals surface area contributed by atoms with Crippen LogP contribution in [0.5, 0.6) is 0 Å². The zero-order valence-corrected chi connectivity index (χ0v) is 13.8. The van der Waals surface area contributed by atoms with Crippen LogP contribution in [0.3, 0.4) is 0 Å². The lowest BCUT2D eigenvalue weighted by Gasteiger charge is -2.09. The number of hydrogen-bond donors (Lipinski definition) is 1. The minimum atomic E-state index is -0.317. The molecular formula is C17H24N4O2. The van der Waals surface area contributed by atoms with Crippen LogP contribution in [0.4, 0.5) is 0 Å². The zero-order valence-electron chi connectivity index (χ0n) is 13.8. The number of esters is 1. The topological polar surface area (TPSA) is 83.0 Å². The number of carbonyl (C=O) groups is 1. The van der Waals surface area contributed by atoms with Gasteiger partial charge in [0.15, 0.2) is 0 Å². The van der Waals surface area contributed by atoms with Gasteiger partial charge >= 0.3 is 5.97 Å². The van der Waals surface area contributed by atoms with Crippen molar-refractivity contribution in [2.24, 2.45) is 5.73 Å². The van der Waals surface area contributed by atoms with Gasteiger partial charge < -0.3 is 10.5 Å². The van der Waals surface area contributed by atoms with E-state index in [1.54, 1.807) is 16.8 Å². The molecule has 1 aromatic heterocycles. The fraction of sp³-hybridized carbons (Fsp3) is 0.471. The van der Waals surface area contributed by atoms with E-state index in [1.807, 2.05) is 19.1 Å². The molecule has 23 heavy (non-hydrogen) atoms. The molecular weight excluding hydrogens is 292 g/mol. The first-order valence-corrected chi connectivity index (χ1v) is 8.12. The standard InChI is InChI=1S/C17H24N4O2/c1-3-5-9-16-15(12-18)19-20-21(16)14-8-6-7-13(11-14)17(22)23-10-4-2/h6-8,11H,3-5,9-10,12,18H2,1-2H3. The summed E-state index contributed by atoms with van der Waals surface area (Å²) in [5, 5.41) is 8.37. The Balaban J connectivity index is 2.31. The van der Waals surface area contributed by atoms with Crippen molar-refractivity contribution in [3.8, 4) is 5.69 Å². The number of ether oxygens (including phenoxy) is 1. The van der Waals surface area contributed by atoms with Gasteiger partial charge in [-0.3, -0.25) is 0 Å². The van der Waals surface area contributed by atoms with Crippen molar-refractivity contribution in [1.29, 1.82) is 0 Å². The van der Waals surface area contributed by atoms with Crippen LogP contribution in [0.15, 0.2) is 24.3 Å². The normalized spacial score (nSPS) is 10.7. The highest BCUT2D eigenvalue weighted by Gasteiger charge is 2.14. The highest BCUT2D eigenvalue weighted by molar-refractivity contribution is 5.90. The third-order valence-electron chi connectivity index (χ3n) is 3.57. The first kappa shape index (κ1) is 17.1. The second-order valence-corrected chi connectivity index (χ2v) is 5.39. The van der Waals surface area contributed by atoms with Gasteiger partial charge in [-0.15, -0.1) is 5.10 Å². The predicted molar refractivity (Wildman–Crippen MR) is 88.4 cm³/mol. The van der Waals surface area contributed by atoms with Crippen molar-refractivity contribution in [2.45, 2.75) is 46.1 Å². The number of nitrogens with zero attached hydrogens (tertiary/aromatic N) is 3. The van der Waals surface area contributed by atoms with E-state index in [1.165, 1.54) is 0 Å². The molecule has 0 aliphatic carbocycles. The van der Waals surface area contributed by atoms with Gasteiger partial charge in [-0.05, 0) is 37.5 Å². The van der Waals surface area contributed by atoms with Gasteiger partial charge in [-0.2, -0.15) is 0 Å². The lowest BCUT2D eigenvalue weighted by Crippen LogP contribution is -2.09. The molecule has 0 aliphatic rings. The highest BCUT2D eigenvalue weighted by Crippen LogP contribution is 2.17. The van der Waals surface area contributed by atoms with Crippen LogP contribution in [0.25, 0.3) is 5.69 Å². The van der Waals surface area contributed by atoms with Crippen LogP contribution >= 0.6 is 0 Å². The van der Waals surface area contributed by atoms with Gasteiger partial charge in [0.05, 0.1) is 29.2 Å². The first-order chi connectivity index (χ1) is 11.2. The van der Waals surface area contributed by atoms with Gasteiger partial charge in [-0.25, -0.2) is 9.48 Å². The number of hydrogen-bond acceptors (Lipinski definition) is 5. The van der Waals surface area contributed by atoms with Gasteiger partial charge in [0, 0.05) is 6.54 Å². The van der Waals surface area contributed by atoms with E-state index in [9.17, 15) is 4.79 Å². The van der Waals surface area contributed by atoms with Crippen LogP contribution in [0, 0.1) is 0 Å². The van der Waals surface area contributed by atoms with Crippen molar-refractivity contribution in [3.63, 3.8) is 0 Å². The quantitative estimate of drug-likeness (QED) is 0.757. The number of unbranched alkanes of at least 4 members (excludes halogenated alkanes) is 1. The zero-order chi connectivity index (χ0) is 16.7. The molecule has 6 heteroatoms. The van der Waals surface area contributed by atoms with E-state index in [2.05, 4.69) is 17.2 Å². The van der Waals surface area contributed by atoms with Gasteiger partial charge in [0.2, 0.25) is 0 Å². The lowest BCUT2D eigenvalue weighted by molar-refractivity contribution is 0.0505. The Morgan fingerprint density at radius 2 is 2.13 bits per heavy atom. The second kappa shape index (κ2) is 8.43. The molecule has 0 saturated carbocycles. The summed E-state index contributed by atoms with van der Waals surface area (Å²) in [6.07, 6.45) is 3.78. The summed E-state index contributed by atoms with van der Waals surface area (Å²) in [5.41, 5.74) is 8.88. The molecule has 0 atom stereocenters. The maximum atomic E-state index is 12.0.